The van der Waals surface area contributed by atoms with Gasteiger partial charge in [0.2, 0.25) is 0 Å². The van der Waals surface area contributed by atoms with E-state index >= 15 is 0 Å². The van der Waals surface area contributed by atoms with Crippen LogP contribution in [0.1, 0.15) is 26.2 Å². The van der Waals surface area contributed by atoms with Crippen molar-refractivity contribution in [2.24, 2.45) is 5.41 Å². The molecule has 2 heteroatoms. The average molecular weight is 116 g/mol. The number of hydrogen-bond acceptors (Lipinski definition) is 1. The van der Waals surface area contributed by atoms with E-state index in [1.165, 1.54) is 0 Å². The number of carbonyl (C=O) groups excluding carboxylic acids is 1. The van der Waals surface area contributed by atoms with Crippen molar-refractivity contribution in [2.45, 2.75) is 26.2 Å². The maximum Gasteiger partial charge on any atom is 0.307 e. The van der Waals surface area contributed by atoms with Crippen LogP contribution in [0.2, 0.25) is 0 Å². The summed E-state index contributed by atoms with van der Waals surface area (Å²) in [7, 11) is 0. The molecule has 0 aromatic carbocycles. The van der Waals surface area contributed by atoms with E-state index in [2.05, 4.69) is 0 Å². The maximum absolute atomic E-state index is 11.9. The molecule has 0 bridgehead atoms. The van der Waals surface area contributed by atoms with Gasteiger partial charge in [-0.2, -0.15) is 4.39 Å². The summed E-state index contributed by atoms with van der Waals surface area (Å²) < 4.78 is 11.9. The lowest BCUT2D eigenvalue weighted by atomic mass is 9.71. The third-order valence-electron chi connectivity index (χ3n) is 1.93. The Morgan fingerprint density at radius 2 is 2.12 bits per heavy atom. The second-order valence-electron chi connectivity index (χ2n) is 2.69. The van der Waals surface area contributed by atoms with Crippen LogP contribution in [0.4, 0.5) is 4.39 Å². The molecule has 1 aliphatic carbocycles. The van der Waals surface area contributed by atoms with E-state index in [9.17, 15) is 9.18 Å². The largest absolute Gasteiger partial charge is 0.307 e. The zero-order valence-corrected chi connectivity index (χ0v) is 4.91. The van der Waals surface area contributed by atoms with Gasteiger partial charge in [0.15, 0.2) is 0 Å². The Morgan fingerprint density at radius 3 is 2.12 bits per heavy atom. The highest BCUT2D eigenvalue weighted by Crippen LogP contribution is 2.41. The highest BCUT2D eigenvalue weighted by atomic mass is 19.1. The molecule has 0 amide bonds. The fourth-order valence-corrected chi connectivity index (χ4v) is 0.904. The fraction of sp³-hybridized carbons (Fsp3) is 0.833. The van der Waals surface area contributed by atoms with Crippen LogP contribution in [0.3, 0.4) is 0 Å². The summed E-state index contributed by atoms with van der Waals surface area (Å²) >= 11 is 0. The molecule has 1 fully saturated rings. The van der Waals surface area contributed by atoms with E-state index < -0.39 is 11.5 Å². The molecule has 0 unspecified atom stereocenters. The van der Waals surface area contributed by atoms with Gasteiger partial charge in [-0.05, 0) is 19.8 Å². The quantitative estimate of drug-likeness (QED) is 0.476. The Hall–Kier alpha value is -0.400. The summed E-state index contributed by atoms with van der Waals surface area (Å²) in [6.07, 6.45) is 2.48. The van der Waals surface area contributed by atoms with Crippen molar-refractivity contribution >= 4 is 6.04 Å². The highest BCUT2D eigenvalue weighted by molar-refractivity contribution is 5.75. The van der Waals surface area contributed by atoms with Gasteiger partial charge in [-0.3, -0.25) is 4.79 Å². The van der Waals surface area contributed by atoms with Crippen LogP contribution in [-0.4, -0.2) is 6.04 Å². The zero-order chi connectivity index (χ0) is 6.20. The second-order valence-corrected chi connectivity index (χ2v) is 2.69. The van der Waals surface area contributed by atoms with Gasteiger partial charge in [-0.25, -0.2) is 0 Å². The summed E-state index contributed by atoms with van der Waals surface area (Å²) in [6.45, 7) is 1.68. The summed E-state index contributed by atoms with van der Waals surface area (Å²) in [4.78, 5) is 10.1. The summed E-state index contributed by atoms with van der Waals surface area (Å²) in [6, 6.07) is -1.14. The van der Waals surface area contributed by atoms with Crippen molar-refractivity contribution in [3.8, 4) is 0 Å². The van der Waals surface area contributed by atoms with Crippen LogP contribution < -0.4 is 0 Å². The minimum absolute atomic E-state index is 0.583. The molecule has 0 spiro atoms. The molecule has 1 saturated carbocycles. The van der Waals surface area contributed by atoms with Crippen molar-refractivity contribution in [2.75, 3.05) is 0 Å². The molecule has 1 rings (SSSR count). The molecule has 0 saturated heterocycles. The monoisotopic (exact) mass is 116 g/mol. The molecule has 0 heterocycles. The molecule has 0 radical (unpaired) electrons. The van der Waals surface area contributed by atoms with E-state index in [1.807, 2.05) is 0 Å². The van der Waals surface area contributed by atoms with E-state index in [0.29, 0.717) is 0 Å². The first kappa shape index (κ1) is 5.73. The number of hydrogen-bond donors (Lipinski definition) is 0. The van der Waals surface area contributed by atoms with Gasteiger partial charge < -0.3 is 0 Å². The normalized spacial score (nSPS) is 24.2. The lowest BCUT2D eigenvalue weighted by Crippen LogP contribution is -2.31. The molecule has 8 heavy (non-hydrogen) atoms. The fourth-order valence-electron chi connectivity index (χ4n) is 0.904. The minimum Gasteiger partial charge on any atom is -0.261 e. The van der Waals surface area contributed by atoms with Crippen LogP contribution in [0.15, 0.2) is 0 Å². The van der Waals surface area contributed by atoms with E-state index in [1.54, 1.807) is 6.92 Å². The van der Waals surface area contributed by atoms with Gasteiger partial charge in [0.05, 0.1) is 5.41 Å². The topological polar surface area (TPSA) is 17.1 Å². The van der Waals surface area contributed by atoms with Gasteiger partial charge in [0.1, 0.15) is 0 Å². The van der Waals surface area contributed by atoms with Crippen molar-refractivity contribution in [1.29, 1.82) is 0 Å². The van der Waals surface area contributed by atoms with E-state index in [0.717, 1.165) is 19.3 Å². The molecule has 1 nitrogen and oxygen atoms in total. The van der Waals surface area contributed by atoms with E-state index in [4.69, 9.17) is 0 Å². The summed E-state index contributed by atoms with van der Waals surface area (Å²) in [5, 5.41) is 0. The second kappa shape index (κ2) is 1.54. The minimum atomic E-state index is -1.14. The average Bonchev–Trinajstić information content (AvgIpc) is 1.60. The molecule has 0 atom stereocenters. The Balaban J connectivity index is 2.53. The van der Waals surface area contributed by atoms with Crippen molar-refractivity contribution in [3.63, 3.8) is 0 Å². The lowest BCUT2D eigenvalue weighted by molar-refractivity contribution is -0.143. The van der Waals surface area contributed by atoms with Crippen molar-refractivity contribution < 1.29 is 9.18 Å². The Labute approximate surface area is 47.9 Å². The summed E-state index contributed by atoms with van der Waals surface area (Å²) in [5.74, 6) is 0. The molecule has 46 valence electrons. The Kier molecular flexibility index (Phi) is 1.10. The van der Waals surface area contributed by atoms with Gasteiger partial charge in [0.25, 0.3) is 0 Å². The first-order valence-electron chi connectivity index (χ1n) is 2.85. The highest BCUT2D eigenvalue weighted by Gasteiger charge is 2.39. The van der Waals surface area contributed by atoms with Crippen LogP contribution in [0.5, 0.6) is 0 Å². The molecule has 0 aromatic heterocycles. The first-order chi connectivity index (χ1) is 3.65. The smallest absolute Gasteiger partial charge is 0.261 e. The van der Waals surface area contributed by atoms with Crippen molar-refractivity contribution in [3.05, 3.63) is 0 Å². The predicted octanol–water partition coefficient (Wildman–Crippen LogP) is 1.67. The third kappa shape index (κ3) is 0.641. The Morgan fingerprint density at radius 1 is 1.62 bits per heavy atom. The van der Waals surface area contributed by atoms with Gasteiger partial charge in [-0.15, -0.1) is 0 Å². The standard InChI is InChI=1S/C6H9FO/c1-6(5(7)8)3-2-4-6/h2-4H2,1H3. The van der Waals surface area contributed by atoms with Crippen LogP contribution in [0, 0.1) is 5.41 Å². The first-order valence-corrected chi connectivity index (χ1v) is 2.85. The predicted molar refractivity (Wildman–Crippen MR) is 28.1 cm³/mol. The molecule has 0 N–H and O–H groups in total. The third-order valence-corrected chi connectivity index (χ3v) is 1.93. The molecular formula is C6H9FO. The van der Waals surface area contributed by atoms with Gasteiger partial charge >= 0.3 is 6.04 Å². The van der Waals surface area contributed by atoms with Crippen LogP contribution in [0.25, 0.3) is 0 Å². The maximum atomic E-state index is 11.9. The lowest BCUT2D eigenvalue weighted by Gasteiger charge is -2.32. The van der Waals surface area contributed by atoms with Gasteiger partial charge in [-0.1, -0.05) is 6.42 Å². The van der Waals surface area contributed by atoms with E-state index in [-0.39, 0.29) is 0 Å². The van der Waals surface area contributed by atoms with Crippen molar-refractivity contribution in [1.82, 2.24) is 0 Å². The molecular weight excluding hydrogens is 107 g/mol. The Bertz CT molecular complexity index is 116. The van der Waals surface area contributed by atoms with Crippen LogP contribution in [-0.2, 0) is 4.79 Å². The molecule has 1 aliphatic rings. The number of halogens is 1. The molecule has 0 aliphatic heterocycles. The number of carbonyl (C=O) groups is 1. The number of rotatable bonds is 1. The molecule has 0 aromatic rings. The SMILES string of the molecule is CC1(C(=O)F)CCC1. The zero-order valence-electron chi connectivity index (χ0n) is 4.91. The summed E-state index contributed by atoms with van der Waals surface area (Å²) in [5.41, 5.74) is -0.583. The van der Waals surface area contributed by atoms with Gasteiger partial charge in [0, 0.05) is 0 Å². The van der Waals surface area contributed by atoms with Crippen LogP contribution >= 0.6 is 0 Å².